The Morgan fingerprint density at radius 2 is 2.00 bits per heavy atom. The van der Waals surface area contributed by atoms with E-state index in [0.717, 1.165) is 18.5 Å². The highest BCUT2D eigenvalue weighted by Gasteiger charge is 2.60. The van der Waals surface area contributed by atoms with Crippen LogP contribution in [0.1, 0.15) is 20.3 Å². The first-order valence-corrected chi connectivity index (χ1v) is 7.82. The number of carboxylic acids is 1. The average Bonchev–Trinajstić information content (AvgIpc) is 2.75. The molecule has 2 aliphatic rings. The number of aromatic nitrogens is 1. The second-order valence-corrected chi connectivity index (χ2v) is 6.31. The van der Waals surface area contributed by atoms with Crippen molar-refractivity contribution in [1.82, 2.24) is 4.90 Å². The fourth-order valence-electron chi connectivity index (χ4n) is 3.87. The van der Waals surface area contributed by atoms with Crippen LogP contribution < -0.4 is 4.57 Å². The minimum atomic E-state index is -1.07. The number of rotatable bonds is 5. The Morgan fingerprint density at radius 1 is 1.35 bits per heavy atom. The van der Waals surface area contributed by atoms with Gasteiger partial charge < -0.3 is 15.1 Å². The summed E-state index contributed by atoms with van der Waals surface area (Å²) in [4.78, 5) is 25.1. The maximum atomic E-state index is 12.2. The second kappa shape index (κ2) is 5.77. The van der Waals surface area contributed by atoms with Crippen molar-refractivity contribution in [3.05, 3.63) is 41.9 Å². The van der Waals surface area contributed by atoms with Gasteiger partial charge in [-0.25, -0.2) is 9.36 Å². The minimum Gasteiger partial charge on any atom is -0.477 e. The molecule has 0 saturated carbocycles. The van der Waals surface area contributed by atoms with Crippen molar-refractivity contribution in [3.63, 3.8) is 0 Å². The van der Waals surface area contributed by atoms with Crippen LogP contribution in [0.15, 0.2) is 41.9 Å². The normalized spacial score (nSPS) is 27.7. The van der Waals surface area contributed by atoms with Gasteiger partial charge in [-0.15, -0.1) is 0 Å². The van der Waals surface area contributed by atoms with E-state index in [1.807, 2.05) is 35.2 Å². The Morgan fingerprint density at radius 3 is 2.57 bits per heavy atom. The summed E-state index contributed by atoms with van der Waals surface area (Å²) in [6.45, 7) is 4.12. The number of carbonyl (C=O) groups excluding carboxylic acids is 1. The zero-order chi connectivity index (χ0) is 16.7. The summed E-state index contributed by atoms with van der Waals surface area (Å²) in [6, 6.07) is 5.59. The van der Waals surface area contributed by atoms with E-state index >= 15 is 0 Å². The molecule has 3 rings (SSSR count). The zero-order valence-corrected chi connectivity index (χ0v) is 13.2. The minimum absolute atomic E-state index is 0.0360. The molecule has 0 aliphatic carbocycles. The van der Waals surface area contributed by atoms with E-state index in [2.05, 4.69) is 0 Å². The monoisotopic (exact) mass is 317 g/mol. The van der Waals surface area contributed by atoms with Gasteiger partial charge in [0.05, 0.1) is 18.1 Å². The first-order valence-electron chi connectivity index (χ1n) is 7.82. The molecule has 1 fully saturated rings. The molecule has 6 nitrogen and oxygen atoms in total. The predicted molar refractivity (Wildman–Crippen MR) is 80.9 cm³/mol. The molecule has 4 atom stereocenters. The maximum Gasteiger partial charge on any atom is 0.352 e. The molecule has 6 heteroatoms. The summed E-state index contributed by atoms with van der Waals surface area (Å²) in [5, 5.41) is 19.3. The van der Waals surface area contributed by atoms with Gasteiger partial charge in [-0.2, -0.15) is 0 Å². The number of pyridine rings is 1. The lowest BCUT2D eigenvalue weighted by atomic mass is 9.76. The molecule has 2 N–H and O–H groups in total. The third-order valence-corrected chi connectivity index (χ3v) is 4.97. The molecule has 0 spiro atoms. The van der Waals surface area contributed by atoms with Gasteiger partial charge in [0.25, 0.3) is 0 Å². The number of aliphatic hydroxyl groups excluding tert-OH is 1. The zero-order valence-electron chi connectivity index (χ0n) is 13.2. The molecule has 3 heterocycles. The summed E-state index contributed by atoms with van der Waals surface area (Å²) < 4.78 is 2.04. The van der Waals surface area contributed by atoms with E-state index in [-0.39, 0.29) is 23.6 Å². The van der Waals surface area contributed by atoms with Gasteiger partial charge in [-0.3, -0.25) is 4.79 Å². The van der Waals surface area contributed by atoms with Gasteiger partial charge in [-0.1, -0.05) is 6.07 Å². The Balaban J connectivity index is 1.85. The quantitative estimate of drug-likeness (QED) is 0.614. The highest BCUT2D eigenvalue weighted by atomic mass is 16.4. The fourth-order valence-corrected chi connectivity index (χ4v) is 3.87. The molecular formula is C17H21N2O4+. The second-order valence-electron chi connectivity index (χ2n) is 6.31. The topological polar surface area (TPSA) is 81.7 Å². The smallest absolute Gasteiger partial charge is 0.352 e. The molecule has 2 aliphatic heterocycles. The van der Waals surface area contributed by atoms with E-state index in [0.29, 0.717) is 0 Å². The van der Waals surface area contributed by atoms with Crippen LogP contribution in [-0.2, 0) is 16.1 Å². The van der Waals surface area contributed by atoms with Gasteiger partial charge in [0.1, 0.15) is 12.2 Å². The Hall–Kier alpha value is -2.21. The van der Waals surface area contributed by atoms with E-state index in [1.54, 1.807) is 13.8 Å². The number of β-lactam (4-membered cyclic amide) rings is 1. The van der Waals surface area contributed by atoms with E-state index in [4.69, 9.17) is 0 Å². The summed E-state index contributed by atoms with van der Waals surface area (Å²) in [5.74, 6) is -1.89. The van der Waals surface area contributed by atoms with Gasteiger partial charge in [0, 0.05) is 24.5 Å². The SMILES string of the molecule is CC1=C(C(=O)O)N2C(=O)[C@H]([C@@H](C)O)[C@H]2[C@H]1CC[n+]1ccccc1. The molecule has 1 aromatic rings. The summed E-state index contributed by atoms with van der Waals surface area (Å²) >= 11 is 0. The van der Waals surface area contributed by atoms with Gasteiger partial charge >= 0.3 is 5.97 Å². The fraction of sp³-hybridized carbons (Fsp3) is 0.471. The summed E-state index contributed by atoms with van der Waals surface area (Å²) in [6.07, 6.45) is 3.88. The molecule has 0 aromatic carbocycles. The van der Waals surface area contributed by atoms with Crippen molar-refractivity contribution in [2.24, 2.45) is 11.8 Å². The molecule has 1 amide bonds. The van der Waals surface area contributed by atoms with E-state index < -0.39 is 18.0 Å². The highest BCUT2D eigenvalue weighted by Crippen LogP contribution is 2.48. The molecule has 1 aromatic heterocycles. The lowest BCUT2D eigenvalue weighted by Crippen LogP contribution is -2.64. The van der Waals surface area contributed by atoms with Crippen molar-refractivity contribution in [1.29, 1.82) is 0 Å². The summed E-state index contributed by atoms with van der Waals surface area (Å²) in [5.41, 5.74) is 0.829. The molecule has 23 heavy (non-hydrogen) atoms. The van der Waals surface area contributed by atoms with Crippen LogP contribution in [0.2, 0.25) is 0 Å². The van der Waals surface area contributed by atoms with Gasteiger partial charge in [0.15, 0.2) is 12.4 Å². The van der Waals surface area contributed by atoms with Crippen LogP contribution in [-0.4, -0.2) is 39.1 Å². The van der Waals surface area contributed by atoms with Crippen molar-refractivity contribution < 1.29 is 24.4 Å². The van der Waals surface area contributed by atoms with Crippen molar-refractivity contribution in [2.45, 2.75) is 39.0 Å². The largest absolute Gasteiger partial charge is 0.477 e. The summed E-state index contributed by atoms with van der Waals surface area (Å²) in [7, 11) is 0. The number of fused-ring (bicyclic) bond motifs is 1. The number of aliphatic hydroxyl groups is 1. The maximum absolute atomic E-state index is 12.2. The average molecular weight is 317 g/mol. The van der Waals surface area contributed by atoms with Gasteiger partial charge in [-0.05, 0) is 19.4 Å². The predicted octanol–water partition coefficient (Wildman–Crippen LogP) is 0.560. The van der Waals surface area contributed by atoms with Crippen LogP contribution in [0.25, 0.3) is 0 Å². The number of nitrogens with zero attached hydrogens (tertiary/aromatic N) is 2. The molecule has 1 saturated heterocycles. The lowest BCUT2D eigenvalue weighted by molar-refractivity contribution is -0.698. The first-order chi connectivity index (χ1) is 10.9. The number of aliphatic carboxylic acids is 1. The van der Waals surface area contributed by atoms with E-state index in [9.17, 15) is 19.8 Å². The number of carboxylic acid groups (broad SMARTS) is 1. The Labute approximate surface area is 134 Å². The van der Waals surface area contributed by atoms with Crippen molar-refractivity contribution in [2.75, 3.05) is 0 Å². The highest BCUT2D eigenvalue weighted by molar-refractivity contribution is 5.99. The molecule has 0 unspecified atom stereocenters. The van der Waals surface area contributed by atoms with Crippen LogP contribution in [0.4, 0.5) is 0 Å². The number of amides is 1. The third-order valence-electron chi connectivity index (χ3n) is 4.97. The molecule has 122 valence electrons. The lowest BCUT2D eigenvalue weighted by Gasteiger charge is -2.47. The van der Waals surface area contributed by atoms with Crippen LogP contribution in [0, 0.1) is 11.8 Å². The Kier molecular flexibility index (Phi) is 3.93. The van der Waals surface area contributed by atoms with E-state index in [1.165, 1.54) is 4.90 Å². The van der Waals surface area contributed by atoms with Crippen molar-refractivity contribution in [3.8, 4) is 0 Å². The number of aryl methyl sites for hydroxylation is 1. The Bertz CT molecular complexity index is 668. The molecule has 0 radical (unpaired) electrons. The number of hydrogen-bond acceptors (Lipinski definition) is 3. The first kappa shape index (κ1) is 15.7. The van der Waals surface area contributed by atoms with Crippen LogP contribution >= 0.6 is 0 Å². The number of carbonyl (C=O) groups is 2. The van der Waals surface area contributed by atoms with Crippen molar-refractivity contribution >= 4 is 11.9 Å². The number of hydrogen-bond donors (Lipinski definition) is 2. The third kappa shape index (κ3) is 2.43. The molecular weight excluding hydrogens is 296 g/mol. The van der Waals surface area contributed by atoms with Crippen LogP contribution in [0.5, 0.6) is 0 Å². The molecule has 0 bridgehead atoms. The standard InChI is InChI=1S/C17H20N2O4/c1-10-12(6-9-18-7-4-3-5-8-18)15-13(11(2)20)16(21)19(15)14(10)17(22)23/h3-5,7-8,11-13,15,20H,6,9H2,1-2H3/p+1/t11-,12+,13-,15-/m1/s1. The van der Waals surface area contributed by atoms with Crippen LogP contribution in [0.3, 0.4) is 0 Å². The van der Waals surface area contributed by atoms with Gasteiger partial charge in [0.2, 0.25) is 5.91 Å².